The molecule has 0 fully saturated rings. The van der Waals surface area contributed by atoms with Crippen LogP contribution in [0.2, 0.25) is 0 Å². The first kappa shape index (κ1) is 20.6. The number of rotatable bonds is 6. The fourth-order valence-electron chi connectivity index (χ4n) is 4.10. The molecule has 1 atom stereocenters. The Bertz CT molecular complexity index is 1080. The minimum Gasteiger partial charge on any atom is -0.480 e. The van der Waals surface area contributed by atoms with E-state index in [1.165, 1.54) is 25.2 Å². The Morgan fingerprint density at radius 2 is 1.61 bits per heavy atom. The lowest BCUT2D eigenvalue weighted by atomic mass is 9.98. The first-order chi connectivity index (χ1) is 15.0. The van der Waals surface area contributed by atoms with Gasteiger partial charge in [0, 0.05) is 19.4 Å². The molecule has 0 radical (unpaired) electrons. The highest BCUT2D eigenvalue weighted by atomic mass is 19.1. The van der Waals surface area contributed by atoms with Gasteiger partial charge >= 0.3 is 12.1 Å². The van der Waals surface area contributed by atoms with Gasteiger partial charge in [0.2, 0.25) is 0 Å². The number of ether oxygens (including phenoxy) is 1. The van der Waals surface area contributed by atoms with Crippen molar-refractivity contribution in [3.8, 4) is 11.1 Å². The summed E-state index contributed by atoms with van der Waals surface area (Å²) in [5.41, 5.74) is 4.87. The smallest absolute Gasteiger partial charge is 0.410 e. The van der Waals surface area contributed by atoms with Crippen molar-refractivity contribution < 1.29 is 23.8 Å². The van der Waals surface area contributed by atoms with Crippen LogP contribution in [0.4, 0.5) is 9.18 Å². The topological polar surface area (TPSA) is 66.8 Å². The second kappa shape index (κ2) is 8.60. The number of benzene rings is 3. The van der Waals surface area contributed by atoms with E-state index in [0.717, 1.165) is 27.2 Å². The number of nitrogens with zero attached hydrogens (tertiary/aromatic N) is 1. The van der Waals surface area contributed by atoms with Crippen LogP contribution >= 0.6 is 0 Å². The van der Waals surface area contributed by atoms with Crippen molar-refractivity contribution >= 4 is 12.1 Å². The number of carbonyl (C=O) groups excluding carboxylic acids is 1. The lowest BCUT2D eigenvalue weighted by Gasteiger charge is -2.25. The average molecular weight is 419 g/mol. The summed E-state index contributed by atoms with van der Waals surface area (Å²) in [6.07, 6.45) is -0.751. The van der Waals surface area contributed by atoms with Gasteiger partial charge in [-0.2, -0.15) is 0 Å². The molecule has 3 aromatic carbocycles. The van der Waals surface area contributed by atoms with Crippen molar-refractivity contribution in [2.75, 3.05) is 13.7 Å². The SMILES string of the molecule is CN(C(=O)OCC1c2ccccc2-c2ccccc21)[C@H](Cc1cccc(F)c1)C(=O)O. The van der Waals surface area contributed by atoms with Gasteiger partial charge in [0.15, 0.2) is 0 Å². The van der Waals surface area contributed by atoms with E-state index in [2.05, 4.69) is 0 Å². The van der Waals surface area contributed by atoms with Crippen LogP contribution in [0.1, 0.15) is 22.6 Å². The number of amides is 1. The average Bonchev–Trinajstić information content (AvgIpc) is 3.09. The lowest BCUT2D eigenvalue weighted by Crippen LogP contribution is -2.44. The van der Waals surface area contributed by atoms with Gasteiger partial charge in [-0.25, -0.2) is 14.0 Å². The number of likely N-dealkylation sites (N-methyl/N-ethyl adjacent to an activating group) is 1. The van der Waals surface area contributed by atoms with Crippen LogP contribution in [0, 0.1) is 5.82 Å². The van der Waals surface area contributed by atoms with Crippen LogP contribution < -0.4 is 0 Å². The summed E-state index contributed by atoms with van der Waals surface area (Å²) in [6.45, 7) is 0.101. The summed E-state index contributed by atoms with van der Waals surface area (Å²) in [5, 5.41) is 9.62. The zero-order valence-corrected chi connectivity index (χ0v) is 17.0. The van der Waals surface area contributed by atoms with Gasteiger partial charge in [-0.05, 0) is 39.9 Å². The normalized spacial score (nSPS) is 13.2. The van der Waals surface area contributed by atoms with Crippen molar-refractivity contribution in [3.05, 3.63) is 95.3 Å². The number of hydrogen-bond acceptors (Lipinski definition) is 3. The molecule has 3 aromatic rings. The molecule has 1 aliphatic carbocycles. The first-order valence-electron chi connectivity index (χ1n) is 10.0. The third kappa shape index (κ3) is 4.14. The fraction of sp³-hybridized carbons (Fsp3) is 0.200. The number of aliphatic carboxylic acids is 1. The molecule has 31 heavy (non-hydrogen) atoms. The van der Waals surface area contributed by atoms with E-state index >= 15 is 0 Å². The molecule has 0 aromatic heterocycles. The van der Waals surface area contributed by atoms with Crippen molar-refractivity contribution in [1.82, 2.24) is 4.90 Å². The second-order valence-corrected chi connectivity index (χ2v) is 7.60. The molecule has 0 heterocycles. The molecule has 5 nitrogen and oxygen atoms in total. The van der Waals surface area contributed by atoms with E-state index < -0.39 is 23.9 Å². The van der Waals surface area contributed by atoms with Gasteiger partial charge < -0.3 is 9.84 Å². The zero-order valence-electron chi connectivity index (χ0n) is 17.0. The maximum atomic E-state index is 13.5. The molecular weight excluding hydrogens is 397 g/mol. The van der Waals surface area contributed by atoms with Crippen LogP contribution in [-0.2, 0) is 16.0 Å². The summed E-state index contributed by atoms with van der Waals surface area (Å²) < 4.78 is 19.0. The molecule has 1 amide bonds. The Kier molecular flexibility index (Phi) is 5.71. The maximum absolute atomic E-state index is 13.5. The Morgan fingerprint density at radius 3 is 2.19 bits per heavy atom. The van der Waals surface area contributed by atoms with Gasteiger partial charge in [-0.1, -0.05) is 60.7 Å². The Labute approximate surface area is 179 Å². The summed E-state index contributed by atoms with van der Waals surface area (Å²) >= 11 is 0. The quantitative estimate of drug-likeness (QED) is 0.629. The highest BCUT2D eigenvalue weighted by Crippen LogP contribution is 2.44. The molecule has 0 aliphatic heterocycles. The second-order valence-electron chi connectivity index (χ2n) is 7.60. The van der Waals surface area contributed by atoms with Crippen molar-refractivity contribution in [1.29, 1.82) is 0 Å². The predicted molar refractivity (Wildman–Crippen MR) is 114 cm³/mol. The monoisotopic (exact) mass is 419 g/mol. The van der Waals surface area contributed by atoms with Gasteiger partial charge in [0.05, 0.1) is 0 Å². The first-order valence-corrected chi connectivity index (χ1v) is 10.0. The maximum Gasteiger partial charge on any atom is 0.410 e. The number of fused-ring (bicyclic) bond motifs is 3. The summed E-state index contributed by atoms with van der Waals surface area (Å²) in [5.74, 6) is -1.75. The Hall–Kier alpha value is -3.67. The van der Waals surface area contributed by atoms with Gasteiger partial charge in [0.25, 0.3) is 0 Å². The number of hydrogen-bond donors (Lipinski definition) is 1. The predicted octanol–water partition coefficient (Wildman–Crippen LogP) is 4.70. The summed E-state index contributed by atoms with van der Waals surface area (Å²) in [4.78, 5) is 25.5. The van der Waals surface area contributed by atoms with E-state index in [1.807, 2.05) is 48.5 Å². The highest BCUT2D eigenvalue weighted by molar-refractivity contribution is 5.81. The van der Waals surface area contributed by atoms with E-state index in [-0.39, 0.29) is 18.9 Å². The molecule has 1 aliphatic rings. The molecule has 0 bridgehead atoms. The fourth-order valence-corrected chi connectivity index (χ4v) is 4.10. The van der Waals surface area contributed by atoms with Crippen LogP contribution in [0.25, 0.3) is 11.1 Å². The van der Waals surface area contributed by atoms with Gasteiger partial charge in [-0.15, -0.1) is 0 Å². The van der Waals surface area contributed by atoms with E-state index in [4.69, 9.17) is 4.74 Å². The molecule has 6 heteroatoms. The van der Waals surface area contributed by atoms with Crippen molar-refractivity contribution in [2.24, 2.45) is 0 Å². The molecule has 0 saturated heterocycles. The zero-order chi connectivity index (χ0) is 22.0. The van der Waals surface area contributed by atoms with E-state index in [0.29, 0.717) is 5.56 Å². The molecule has 4 rings (SSSR count). The third-order valence-corrected chi connectivity index (χ3v) is 5.69. The number of carboxylic acids is 1. The molecule has 0 unspecified atom stereocenters. The van der Waals surface area contributed by atoms with Gasteiger partial charge in [-0.3, -0.25) is 4.90 Å². The van der Waals surface area contributed by atoms with Gasteiger partial charge in [0.1, 0.15) is 18.5 Å². The Morgan fingerprint density at radius 1 is 1.00 bits per heavy atom. The molecule has 158 valence electrons. The number of carbonyl (C=O) groups is 2. The van der Waals surface area contributed by atoms with Crippen LogP contribution in [0.3, 0.4) is 0 Å². The lowest BCUT2D eigenvalue weighted by molar-refractivity contribution is -0.142. The standard InChI is InChI=1S/C25H22FNO4/c1-27(23(24(28)29)14-16-7-6-8-17(26)13-16)25(30)31-15-22-20-11-4-2-9-18(20)19-10-3-5-12-21(19)22/h2-13,22-23H,14-15H2,1H3,(H,28,29)/t23-/m1/s1. The van der Waals surface area contributed by atoms with Crippen LogP contribution in [-0.4, -0.2) is 41.8 Å². The molecule has 1 N–H and O–H groups in total. The Balaban J connectivity index is 1.48. The highest BCUT2D eigenvalue weighted by Gasteiger charge is 2.32. The molecular formula is C25H22FNO4. The van der Waals surface area contributed by atoms with Crippen LogP contribution in [0.15, 0.2) is 72.8 Å². The number of carboxylic acid groups (broad SMARTS) is 1. The van der Waals surface area contributed by atoms with Crippen molar-refractivity contribution in [3.63, 3.8) is 0 Å². The summed E-state index contributed by atoms with van der Waals surface area (Å²) in [7, 11) is 1.39. The third-order valence-electron chi connectivity index (χ3n) is 5.69. The largest absolute Gasteiger partial charge is 0.480 e. The summed E-state index contributed by atoms with van der Waals surface area (Å²) in [6, 6.07) is 20.5. The molecule has 0 saturated carbocycles. The minimum atomic E-state index is -1.18. The van der Waals surface area contributed by atoms with E-state index in [1.54, 1.807) is 6.07 Å². The van der Waals surface area contributed by atoms with Crippen molar-refractivity contribution in [2.45, 2.75) is 18.4 Å². The number of halogens is 1. The molecule has 0 spiro atoms. The van der Waals surface area contributed by atoms with Crippen LogP contribution in [0.5, 0.6) is 0 Å². The van der Waals surface area contributed by atoms with E-state index in [9.17, 15) is 19.1 Å². The minimum absolute atomic E-state index is 0.0201.